The maximum absolute atomic E-state index is 12.3. The lowest BCUT2D eigenvalue weighted by Crippen LogP contribution is -2.16. The van der Waals surface area contributed by atoms with Gasteiger partial charge in [-0.2, -0.15) is 0 Å². The first-order valence-electron chi connectivity index (χ1n) is 7.76. The maximum Gasteiger partial charge on any atom is 0.181 e. The second-order valence-corrected chi connectivity index (χ2v) is 5.48. The predicted octanol–water partition coefficient (Wildman–Crippen LogP) is 3.45. The fourth-order valence-corrected chi connectivity index (χ4v) is 2.72. The van der Waals surface area contributed by atoms with Crippen LogP contribution in [0.15, 0.2) is 60.3 Å². The number of ketones is 1. The molecule has 3 rings (SSSR count). The van der Waals surface area contributed by atoms with Crippen LogP contribution in [0.4, 0.5) is 11.4 Å². The number of Topliss-reactive ketones (excluding diaryl/α,β-unsaturated/α-hetero) is 1. The van der Waals surface area contributed by atoms with Gasteiger partial charge in [-0.25, -0.2) is 0 Å². The summed E-state index contributed by atoms with van der Waals surface area (Å²) in [7, 11) is 3.24. The molecule has 0 saturated heterocycles. The zero-order valence-electron chi connectivity index (χ0n) is 13.7. The van der Waals surface area contributed by atoms with Crippen molar-refractivity contribution in [2.45, 2.75) is 12.5 Å². The van der Waals surface area contributed by atoms with E-state index in [-0.39, 0.29) is 11.8 Å². The molecule has 0 amide bonds. The first-order valence-corrected chi connectivity index (χ1v) is 7.76. The van der Waals surface area contributed by atoms with Crippen LogP contribution in [0.25, 0.3) is 0 Å². The Hall–Kier alpha value is -2.95. The normalized spacial score (nSPS) is 16.5. The molecule has 0 aliphatic heterocycles. The highest BCUT2D eigenvalue weighted by atomic mass is 16.5. The van der Waals surface area contributed by atoms with Crippen molar-refractivity contribution >= 4 is 17.2 Å². The van der Waals surface area contributed by atoms with E-state index >= 15 is 0 Å². The molecule has 0 radical (unpaired) electrons. The van der Waals surface area contributed by atoms with Crippen molar-refractivity contribution in [3.8, 4) is 11.5 Å². The minimum atomic E-state index is -0.0778. The van der Waals surface area contributed by atoms with Gasteiger partial charge in [0.25, 0.3) is 0 Å². The van der Waals surface area contributed by atoms with E-state index in [0.717, 1.165) is 17.1 Å². The van der Waals surface area contributed by atoms with Gasteiger partial charge < -0.3 is 20.1 Å². The van der Waals surface area contributed by atoms with Crippen LogP contribution in [0.3, 0.4) is 0 Å². The monoisotopic (exact) mass is 324 g/mol. The predicted molar refractivity (Wildman–Crippen MR) is 94.7 cm³/mol. The largest absolute Gasteiger partial charge is 0.495 e. The van der Waals surface area contributed by atoms with Gasteiger partial charge >= 0.3 is 0 Å². The highest BCUT2D eigenvalue weighted by Gasteiger charge is 2.25. The highest BCUT2D eigenvalue weighted by Crippen LogP contribution is 2.29. The fraction of sp³-hybridized carbons (Fsp3) is 0.211. The van der Waals surface area contributed by atoms with E-state index < -0.39 is 0 Å². The maximum atomic E-state index is 12.3. The van der Waals surface area contributed by atoms with Crippen molar-refractivity contribution in [2.75, 3.05) is 24.9 Å². The number of carbonyl (C=O) groups excluding carboxylic acids is 1. The van der Waals surface area contributed by atoms with E-state index in [4.69, 9.17) is 9.47 Å². The number of methoxy groups -OCH3 is 2. The SMILES string of the molecule is COc1ccccc1NC1=C[C@H](Nc2ccccc2OC)CC1=O. The third-order valence-electron chi connectivity index (χ3n) is 3.90. The average Bonchev–Trinajstić information content (AvgIpc) is 2.95. The van der Waals surface area contributed by atoms with Crippen molar-refractivity contribution < 1.29 is 14.3 Å². The second kappa shape index (κ2) is 7.08. The van der Waals surface area contributed by atoms with Crippen molar-refractivity contribution in [2.24, 2.45) is 0 Å². The topological polar surface area (TPSA) is 59.6 Å². The molecular weight excluding hydrogens is 304 g/mol. The number of allylic oxidation sites excluding steroid dienone is 1. The lowest BCUT2D eigenvalue weighted by Gasteiger charge is -2.14. The van der Waals surface area contributed by atoms with Gasteiger partial charge in [0, 0.05) is 6.42 Å². The quantitative estimate of drug-likeness (QED) is 0.852. The summed E-state index contributed by atoms with van der Waals surface area (Å²) in [5.74, 6) is 1.52. The first-order chi connectivity index (χ1) is 11.7. The Kier molecular flexibility index (Phi) is 4.70. The number of para-hydroxylation sites is 4. The lowest BCUT2D eigenvalue weighted by molar-refractivity contribution is -0.114. The Bertz CT molecular complexity index is 771. The molecule has 1 aliphatic carbocycles. The number of rotatable bonds is 6. The van der Waals surface area contributed by atoms with E-state index in [9.17, 15) is 4.79 Å². The van der Waals surface area contributed by atoms with Crippen LogP contribution in [0.2, 0.25) is 0 Å². The first kappa shape index (κ1) is 15.9. The summed E-state index contributed by atoms with van der Waals surface area (Å²) in [4.78, 5) is 12.3. The van der Waals surface area contributed by atoms with Crippen molar-refractivity contribution in [3.05, 3.63) is 60.3 Å². The number of nitrogens with one attached hydrogen (secondary N) is 2. The van der Waals surface area contributed by atoms with Crippen LogP contribution in [-0.2, 0) is 4.79 Å². The van der Waals surface area contributed by atoms with E-state index in [2.05, 4.69) is 10.6 Å². The Morgan fingerprint density at radius 3 is 2.17 bits per heavy atom. The zero-order valence-corrected chi connectivity index (χ0v) is 13.7. The number of ether oxygens (including phenoxy) is 2. The van der Waals surface area contributed by atoms with Crippen LogP contribution in [0, 0.1) is 0 Å². The van der Waals surface area contributed by atoms with Gasteiger partial charge in [0.15, 0.2) is 5.78 Å². The van der Waals surface area contributed by atoms with Gasteiger partial charge in [-0.05, 0) is 30.3 Å². The molecule has 0 heterocycles. The van der Waals surface area contributed by atoms with Gasteiger partial charge in [0.05, 0.1) is 37.3 Å². The minimum Gasteiger partial charge on any atom is -0.495 e. The summed E-state index contributed by atoms with van der Waals surface area (Å²) < 4.78 is 10.6. The van der Waals surface area contributed by atoms with Crippen molar-refractivity contribution in [3.63, 3.8) is 0 Å². The number of carbonyl (C=O) groups is 1. The van der Waals surface area contributed by atoms with Crippen LogP contribution in [0.1, 0.15) is 6.42 Å². The number of hydrogen-bond acceptors (Lipinski definition) is 5. The molecule has 0 unspecified atom stereocenters. The number of benzene rings is 2. The molecule has 0 spiro atoms. The summed E-state index contributed by atoms with van der Waals surface area (Å²) in [5, 5.41) is 6.51. The third kappa shape index (κ3) is 3.35. The van der Waals surface area contributed by atoms with Crippen LogP contribution >= 0.6 is 0 Å². The average molecular weight is 324 g/mol. The Labute approximate surface area is 141 Å². The molecule has 2 aromatic rings. The molecule has 2 aromatic carbocycles. The summed E-state index contributed by atoms with van der Waals surface area (Å²) in [5.41, 5.74) is 2.22. The molecule has 2 N–H and O–H groups in total. The Balaban J connectivity index is 1.76. The summed E-state index contributed by atoms with van der Waals surface area (Å²) in [6.07, 6.45) is 2.30. The fourth-order valence-electron chi connectivity index (χ4n) is 2.72. The molecule has 24 heavy (non-hydrogen) atoms. The van der Waals surface area contributed by atoms with Crippen LogP contribution < -0.4 is 20.1 Å². The minimum absolute atomic E-state index is 0.0632. The molecule has 1 atom stereocenters. The van der Waals surface area contributed by atoms with Crippen molar-refractivity contribution in [1.29, 1.82) is 0 Å². The van der Waals surface area contributed by atoms with E-state index in [0.29, 0.717) is 17.9 Å². The number of hydrogen-bond donors (Lipinski definition) is 2. The highest BCUT2D eigenvalue weighted by molar-refractivity contribution is 6.01. The molecule has 0 saturated carbocycles. The van der Waals surface area contributed by atoms with Crippen LogP contribution in [0.5, 0.6) is 11.5 Å². The summed E-state index contributed by atoms with van der Waals surface area (Å²) in [6, 6.07) is 15.1. The molecule has 0 bridgehead atoms. The van der Waals surface area contributed by atoms with Gasteiger partial charge in [-0.1, -0.05) is 24.3 Å². The summed E-state index contributed by atoms with van der Waals surface area (Å²) >= 11 is 0. The van der Waals surface area contributed by atoms with Gasteiger partial charge in [-0.3, -0.25) is 4.79 Å². The Morgan fingerprint density at radius 2 is 1.50 bits per heavy atom. The van der Waals surface area contributed by atoms with Gasteiger partial charge in [0.2, 0.25) is 0 Å². The van der Waals surface area contributed by atoms with Gasteiger partial charge in [-0.15, -0.1) is 0 Å². The molecule has 5 nitrogen and oxygen atoms in total. The van der Waals surface area contributed by atoms with Crippen LogP contribution in [-0.4, -0.2) is 26.0 Å². The Morgan fingerprint density at radius 1 is 0.917 bits per heavy atom. The second-order valence-electron chi connectivity index (χ2n) is 5.48. The third-order valence-corrected chi connectivity index (χ3v) is 3.90. The van der Waals surface area contributed by atoms with Crippen molar-refractivity contribution in [1.82, 2.24) is 0 Å². The number of anilines is 2. The lowest BCUT2D eigenvalue weighted by atomic mass is 10.2. The molecule has 0 aromatic heterocycles. The van der Waals surface area contributed by atoms with E-state index in [1.165, 1.54) is 0 Å². The van der Waals surface area contributed by atoms with Gasteiger partial charge in [0.1, 0.15) is 11.5 Å². The van der Waals surface area contributed by atoms with E-state index in [1.807, 2.05) is 54.6 Å². The molecule has 1 aliphatic rings. The molecular formula is C19H20N2O3. The van der Waals surface area contributed by atoms with E-state index in [1.54, 1.807) is 14.2 Å². The zero-order chi connectivity index (χ0) is 16.9. The smallest absolute Gasteiger partial charge is 0.181 e. The standard InChI is InChI=1S/C19H20N2O3/c1-23-18-9-5-3-7-14(18)20-13-11-16(17(22)12-13)21-15-8-4-6-10-19(15)24-2/h3-11,13,20-21H,12H2,1-2H3/t13-/m0/s1. The summed E-state index contributed by atoms with van der Waals surface area (Å²) in [6.45, 7) is 0. The molecule has 0 fully saturated rings. The molecule has 124 valence electrons. The molecule has 5 heteroatoms.